The van der Waals surface area contributed by atoms with E-state index in [2.05, 4.69) is 15.8 Å². The van der Waals surface area contributed by atoms with Crippen molar-refractivity contribution in [3.63, 3.8) is 0 Å². The number of aliphatic hydroxyl groups excluding tert-OH is 1. The maximum Gasteiger partial charge on any atom is 0.319 e. The first-order chi connectivity index (χ1) is 11.6. The maximum absolute atomic E-state index is 12.0. The molecule has 3 rings (SSSR count). The molecule has 1 atom stereocenters. The second-order valence-electron chi connectivity index (χ2n) is 5.45. The SMILES string of the molecule is CCc1noc(C)c1NC(=O)NCC(O)c1cc2ccccc2s1. The Labute approximate surface area is 143 Å². The number of aromatic nitrogens is 1. The van der Waals surface area contributed by atoms with Crippen LogP contribution in [0.2, 0.25) is 0 Å². The molecule has 3 N–H and O–H groups in total. The summed E-state index contributed by atoms with van der Waals surface area (Å²) < 4.78 is 6.19. The summed E-state index contributed by atoms with van der Waals surface area (Å²) in [5.41, 5.74) is 1.29. The Kier molecular flexibility index (Phi) is 4.82. The lowest BCUT2D eigenvalue weighted by Gasteiger charge is -2.11. The summed E-state index contributed by atoms with van der Waals surface area (Å²) in [6, 6.07) is 9.50. The number of anilines is 1. The van der Waals surface area contributed by atoms with E-state index in [4.69, 9.17) is 4.52 Å². The van der Waals surface area contributed by atoms with Gasteiger partial charge in [0.05, 0.1) is 6.54 Å². The van der Waals surface area contributed by atoms with E-state index in [1.807, 2.05) is 37.3 Å². The zero-order chi connectivity index (χ0) is 17.1. The monoisotopic (exact) mass is 345 g/mol. The molecule has 7 heteroatoms. The molecule has 24 heavy (non-hydrogen) atoms. The van der Waals surface area contributed by atoms with Gasteiger partial charge in [-0.25, -0.2) is 4.79 Å². The lowest BCUT2D eigenvalue weighted by molar-refractivity contribution is 0.178. The number of aliphatic hydroxyl groups is 1. The van der Waals surface area contributed by atoms with Gasteiger partial charge < -0.3 is 20.3 Å². The van der Waals surface area contributed by atoms with Gasteiger partial charge in [0.25, 0.3) is 0 Å². The highest BCUT2D eigenvalue weighted by Gasteiger charge is 2.16. The van der Waals surface area contributed by atoms with Crippen molar-refractivity contribution in [2.75, 3.05) is 11.9 Å². The average Bonchev–Trinajstić information content (AvgIpc) is 3.17. The van der Waals surface area contributed by atoms with Crippen LogP contribution in [-0.4, -0.2) is 22.8 Å². The molecule has 0 aliphatic carbocycles. The molecule has 3 aromatic rings. The summed E-state index contributed by atoms with van der Waals surface area (Å²) in [5.74, 6) is 0.562. The number of hydrogen-bond acceptors (Lipinski definition) is 5. The van der Waals surface area contributed by atoms with Crippen LogP contribution in [0.5, 0.6) is 0 Å². The third-order valence-corrected chi connectivity index (χ3v) is 4.95. The molecule has 6 nitrogen and oxygen atoms in total. The molecule has 0 fully saturated rings. The summed E-state index contributed by atoms with van der Waals surface area (Å²) in [7, 11) is 0. The zero-order valence-corrected chi connectivity index (χ0v) is 14.3. The van der Waals surface area contributed by atoms with Crippen LogP contribution in [0.25, 0.3) is 10.1 Å². The number of thiophene rings is 1. The summed E-state index contributed by atoms with van der Waals surface area (Å²) in [6.07, 6.45) is -0.0838. The van der Waals surface area contributed by atoms with E-state index in [1.165, 1.54) is 11.3 Å². The van der Waals surface area contributed by atoms with Crippen LogP contribution < -0.4 is 10.6 Å². The first-order valence-corrected chi connectivity index (χ1v) is 8.56. The van der Waals surface area contributed by atoms with E-state index < -0.39 is 12.1 Å². The predicted octanol–water partition coefficient (Wildman–Crippen LogP) is 3.62. The molecule has 2 heterocycles. The van der Waals surface area contributed by atoms with Gasteiger partial charge in [-0.05, 0) is 30.9 Å². The molecule has 0 bridgehead atoms. The van der Waals surface area contributed by atoms with Crippen molar-refractivity contribution < 1.29 is 14.4 Å². The van der Waals surface area contributed by atoms with Gasteiger partial charge in [0.15, 0.2) is 5.76 Å². The fraction of sp³-hybridized carbons (Fsp3) is 0.294. The van der Waals surface area contributed by atoms with Crippen LogP contribution >= 0.6 is 11.3 Å². The quantitative estimate of drug-likeness (QED) is 0.659. The zero-order valence-electron chi connectivity index (χ0n) is 13.5. The molecule has 0 aliphatic rings. The number of hydrogen-bond donors (Lipinski definition) is 3. The van der Waals surface area contributed by atoms with Gasteiger partial charge in [0, 0.05) is 9.58 Å². The fourth-order valence-electron chi connectivity index (χ4n) is 2.43. The van der Waals surface area contributed by atoms with Crippen LogP contribution in [0.15, 0.2) is 34.9 Å². The van der Waals surface area contributed by atoms with Gasteiger partial charge in [0.2, 0.25) is 0 Å². The van der Waals surface area contributed by atoms with E-state index >= 15 is 0 Å². The topological polar surface area (TPSA) is 87.4 Å². The summed E-state index contributed by atoms with van der Waals surface area (Å²) in [4.78, 5) is 12.9. The lowest BCUT2D eigenvalue weighted by Crippen LogP contribution is -2.32. The number of urea groups is 1. The number of benzene rings is 1. The van der Waals surface area contributed by atoms with Gasteiger partial charge >= 0.3 is 6.03 Å². The molecule has 1 unspecified atom stereocenters. The number of nitrogens with one attached hydrogen (secondary N) is 2. The number of nitrogens with zero attached hydrogens (tertiary/aromatic N) is 1. The van der Waals surface area contributed by atoms with Crippen LogP contribution in [0, 0.1) is 6.92 Å². The number of aryl methyl sites for hydroxylation is 2. The predicted molar refractivity (Wildman–Crippen MR) is 94.4 cm³/mol. The van der Waals surface area contributed by atoms with Crippen molar-refractivity contribution in [2.45, 2.75) is 26.4 Å². The minimum Gasteiger partial charge on any atom is -0.386 e. The van der Waals surface area contributed by atoms with E-state index in [1.54, 1.807) is 6.92 Å². The van der Waals surface area contributed by atoms with Crippen LogP contribution in [0.4, 0.5) is 10.5 Å². The van der Waals surface area contributed by atoms with Crippen molar-refractivity contribution in [3.8, 4) is 0 Å². The van der Waals surface area contributed by atoms with Gasteiger partial charge in [-0.1, -0.05) is 30.3 Å². The second-order valence-corrected chi connectivity index (χ2v) is 6.57. The first kappa shape index (κ1) is 16.5. The Bertz CT molecular complexity index is 823. The van der Waals surface area contributed by atoms with Crippen molar-refractivity contribution in [1.29, 1.82) is 0 Å². The Morgan fingerprint density at radius 2 is 2.21 bits per heavy atom. The minimum absolute atomic E-state index is 0.129. The number of carbonyl (C=O) groups is 1. The maximum atomic E-state index is 12.0. The molecular formula is C17H19N3O3S. The molecule has 0 radical (unpaired) electrons. The third-order valence-electron chi connectivity index (χ3n) is 3.74. The molecule has 0 saturated heterocycles. The Morgan fingerprint density at radius 3 is 2.96 bits per heavy atom. The highest BCUT2D eigenvalue weighted by Crippen LogP contribution is 2.29. The van der Waals surface area contributed by atoms with E-state index in [0.717, 1.165) is 15.0 Å². The van der Waals surface area contributed by atoms with Crippen molar-refractivity contribution >= 4 is 33.1 Å². The smallest absolute Gasteiger partial charge is 0.319 e. The highest BCUT2D eigenvalue weighted by atomic mass is 32.1. The van der Waals surface area contributed by atoms with Gasteiger partial charge in [-0.2, -0.15) is 0 Å². The third kappa shape index (κ3) is 3.42. The van der Waals surface area contributed by atoms with Gasteiger partial charge in [-0.15, -0.1) is 11.3 Å². The van der Waals surface area contributed by atoms with E-state index in [0.29, 0.717) is 23.6 Å². The standard InChI is InChI=1S/C17H19N3O3S/c1-3-12-16(10(2)23-20-12)19-17(22)18-9-13(21)15-8-11-6-4-5-7-14(11)24-15/h4-8,13,21H,3,9H2,1-2H3,(H2,18,19,22). The molecule has 1 aromatic carbocycles. The number of carbonyl (C=O) groups excluding carboxylic acids is 1. The van der Waals surface area contributed by atoms with Crippen molar-refractivity contribution in [2.24, 2.45) is 0 Å². The second kappa shape index (κ2) is 7.02. The fourth-order valence-corrected chi connectivity index (χ4v) is 3.48. The molecular weight excluding hydrogens is 326 g/mol. The lowest BCUT2D eigenvalue weighted by atomic mass is 10.2. The van der Waals surface area contributed by atoms with Gasteiger partial charge in [0.1, 0.15) is 17.5 Å². The van der Waals surface area contributed by atoms with Crippen LogP contribution in [0.1, 0.15) is 29.4 Å². The van der Waals surface area contributed by atoms with Crippen LogP contribution in [0.3, 0.4) is 0 Å². The number of amides is 2. The Morgan fingerprint density at radius 1 is 1.42 bits per heavy atom. The summed E-state index contributed by atoms with van der Waals surface area (Å²) >= 11 is 1.52. The summed E-state index contributed by atoms with van der Waals surface area (Å²) in [6.45, 7) is 3.81. The van der Waals surface area contributed by atoms with Crippen molar-refractivity contribution in [1.82, 2.24) is 10.5 Å². The van der Waals surface area contributed by atoms with Crippen LogP contribution in [-0.2, 0) is 6.42 Å². The Hall–Kier alpha value is -2.38. The number of fused-ring (bicyclic) bond motifs is 1. The highest BCUT2D eigenvalue weighted by molar-refractivity contribution is 7.19. The molecule has 2 aromatic heterocycles. The molecule has 2 amide bonds. The van der Waals surface area contributed by atoms with Gasteiger partial charge in [-0.3, -0.25) is 0 Å². The largest absolute Gasteiger partial charge is 0.386 e. The van der Waals surface area contributed by atoms with Crippen molar-refractivity contribution in [3.05, 3.63) is 46.7 Å². The van der Waals surface area contributed by atoms with E-state index in [9.17, 15) is 9.90 Å². The molecule has 0 saturated carbocycles. The minimum atomic E-state index is -0.748. The Balaban J connectivity index is 1.60. The van der Waals surface area contributed by atoms with E-state index in [-0.39, 0.29) is 6.54 Å². The molecule has 0 spiro atoms. The number of rotatable bonds is 5. The summed E-state index contributed by atoms with van der Waals surface area (Å²) in [5, 5.41) is 20.7. The first-order valence-electron chi connectivity index (χ1n) is 7.75. The molecule has 126 valence electrons. The normalized spacial score (nSPS) is 12.3. The average molecular weight is 345 g/mol. The molecule has 0 aliphatic heterocycles.